The van der Waals surface area contributed by atoms with Crippen molar-refractivity contribution in [3.63, 3.8) is 0 Å². The van der Waals surface area contributed by atoms with Crippen LogP contribution in [0.5, 0.6) is 0 Å². The molecule has 1 aromatic heterocycles. The van der Waals surface area contributed by atoms with Gasteiger partial charge in [0.05, 0.1) is 11.6 Å². The first-order chi connectivity index (χ1) is 6.61. The number of aromatic amines is 1. The molecule has 0 amide bonds. The second-order valence-electron chi connectivity index (χ2n) is 3.67. The van der Waals surface area contributed by atoms with Gasteiger partial charge in [0.2, 0.25) is 0 Å². The van der Waals surface area contributed by atoms with Crippen molar-refractivity contribution in [2.75, 3.05) is 11.9 Å². The second-order valence-corrected chi connectivity index (χ2v) is 3.67. The van der Waals surface area contributed by atoms with Gasteiger partial charge in [0.1, 0.15) is 0 Å². The fourth-order valence-electron chi connectivity index (χ4n) is 1.27. The molecule has 0 saturated carbocycles. The number of hydrogen-bond donors (Lipinski definition) is 3. The molecular formula is C10H16N2O2. The highest BCUT2D eigenvalue weighted by atomic mass is 16.4. The molecule has 0 aliphatic carbocycles. The summed E-state index contributed by atoms with van der Waals surface area (Å²) in [6.45, 7) is 4.29. The van der Waals surface area contributed by atoms with E-state index in [9.17, 15) is 4.79 Å². The number of nitrogens with one attached hydrogen (secondary N) is 2. The van der Waals surface area contributed by atoms with Crippen molar-refractivity contribution in [1.82, 2.24) is 4.98 Å². The van der Waals surface area contributed by atoms with Crippen molar-refractivity contribution in [2.45, 2.75) is 13.8 Å². The normalized spacial score (nSPS) is 12.8. The summed E-state index contributed by atoms with van der Waals surface area (Å²) in [6, 6.07) is 1.87. The largest absolute Gasteiger partial charge is 0.481 e. The molecule has 1 atom stereocenters. The number of carbonyl (C=O) groups is 1. The summed E-state index contributed by atoms with van der Waals surface area (Å²) in [5, 5.41) is 12.0. The van der Waals surface area contributed by atoms with Gasteiger partial charge in [-0.25, -0.2) is 0 Å². The van der Waals surface area contributed by atoms with Gasteiger partial charge >= 0.3 is 5.97 Å². The Hall–Kier alpha value is -1.45. The minimum absolute atomic E-state index is 0.138. The minimum atomic E-state index is -0.747. The molecule has 0 fully saturated rings. The molecule has 78 valence electrons. The third-order valence-electron chi connectivity index (χ3n) is 2.25. The lowest BCUT2D eigenvalue weighted by molar-refractivity contribution is -0.142. The average molecular weight is 196 g/mol. The molecule has 0 aliphatic heterocycles. The number of anilines is 1. The van der Waals surface area contributed by atoms with E-state index in [1.807, 2.05) is 19.9 Å². The Morgan fingerprint density at radius 2 is 2.36 bits per heavy atom. The first-order valence-corrected chi connectivity index (χ1v) is 4.70. The van der Waals surface area contributed by atoms with Gasteiger partial charge in [0, 0.05) is 18.9 Å². The van der Waals surface area contributed by atoms with Crippen molar-refractivity contribution >= 4 is 11.7 Å². The molecule has 1 rings (SSSR count). The fourth-order valence-corrected chi connectivity index (χ4v) is 1.27. The van der Waals surface area contributed by atoms with Crippen LogP contribution in [0, 0.1) is 11.8 Å². The van der Waals surface area contributed by atoms with Crippen LogP contribution in [0.1, 0.15) is 13.8 Å². The number of rotatable bonds is 5. The third-order valence-corrected chi connectivity index (χ3v) is 2.25. The first kappa shape index (κ1) is 10.6. The van der Waals surface area contributed by atoms with E-state index in [2.05, 4.69) is 10.3 Å². The number of aliphatic carboxylic acids is 1. The van der Waals surface area contributed by atoms with Crippen LogP contribution in [0.3, 0.4) is 0 Å². The number of aromatic nitrogens is 1. The SMILES string of the molecule is CC(C)C(CNc1cc[nH]c1)C(=O)O. The quantitative estimate of drug-likeness (QED) is 0.672. The first-order valence-electron chi connectivity index (χ1n) is 4.70. The van der Waals surface area contributed by atoms with Gasteiger partial charge in [-0.3, -0.25) is 4.79 Å². The van der Waals surface area contributed by atoms with Crippen LogP contribution in [0.25, 0.3) is 0 Å². The van der Waals surface area contributed by atoms with Crippen molar-refractivity contribution in [3.8, 4) is 0 Å². The summed E-state index contributed by atoms with van der Waals surface area (Å²) < 4.78 is 0. The van der Waals surface area contributed by atoms with E-state index < -0.39 is 5.97 Å². The third kappa shape index (κ3) is 2.80. The van der Waals surface area contributed by atoms with E-state index in [1.165, 1.54) is 0 Å². The highest BCUT2D eigenvalue weighted by Crippen LogP contribution is 2.13. The molecule has 0 saturated heterocycles. The zero-order valence-electron chi connectivity index (χ0n) is 8.45. The van der Waals surface area contributed by atoms with Crippen molar-refractivity contribution in [2.24, 2.45) is 11.8 Å². The van der Waals surface area contributed by atoms with Crippen molar-refractivity contribution in [3.05, 3.63) is 18.5 Å². The molecule has 0 radical (unpaired) electrons. The number of carboxylic acids is 1. The lowest BCUT2D eigenvalue weighted by Crippen LogP contribution is -2.27. The zero-order chi connectivity index (χ0) is 10.6. The lowest BCUT2D eigenvalue weighted by atomic mass is 9.96. The maximum absolute atomic E-state index is 10.9. The van der Waals surface area contributed by atoms with Gasteiger partial charge in [0.15, 0.2) is 0 Å². The number of hydrogen-bond acceptors (Lipinski definition) is 2. The van der Waals surface area contributed by atoms with E-state index in [1.54, 1.807) is 12.4 Å². The van der Waals surface area contributed by atoms with Crippen LogP contribution in [0.15, 0.2) is 18.5 Å². The molecule has 0 aliphatic rings. The lowest BCUT2D eigenvalue weighted by Gasteiger charge is -2.16. The molecule has 1 heterocycles. The molecule has 4 nitrogen and oxygen atoms in total. The smallest absolute Gasteiger partial charge is 0.308 e. The van der Waals surface area contributed by atoms with Crippen molar-refractivity contribution < 1.29 is 9.90 Å². The zero-order valence-corrected chi connectivity index (χ0v) is 8.45. The summed E-state index contributed by atoms with van der Waals surface area (Å²) in [7, 11) is 0. The molecule has 1 unspecified atom stereocenters. The average Bonchev–Trinajstić information content (AvgIpc) is 2.55. The monoisotopic (exact) mass is 196 g/mol. The van der Waals surface area contributed by atoms with Crippen LogP contribution in [-0.2, 0) is 4.79 Å². The summed E-state index contributed by atoms with van der Waals surface area (Å²) in [5.74, 6) is -0.952. The Morgan fingerprint density at radius 3 is 2.79 bits per heavy atom. The standard InChI is InChI=1S/C10H16N2O2/c1-7(2)9(10(13)14)6-12-8-3-4-11-5-8/h3-5,7,9,11-12H,6H2,1-2H3,(H,13,14). The topological polar surface area (TPSA) is 65.1 Å². The summed E-state index contributed by atoms with van der Waals surface area (Å²) >= 11 is 0. The molecule has 1 aromatic rings. The van der Waals surface area contributed by atoms with E-state index in [-0.39, 0.29) is 11.8 Å². The Labute approximate surface area is 83.3 Å². The van der Waals surface area contributed by atoms with Crippen molar-refractivity contribution in [1.29, 1.82) is 0 Å². The van der Waals surface area contributed by atoms with E-state index in [0.29, 0.717) is 6.54 Å². The summed E-state index contributed by atoms with van der Waals surface area (Å²) in [5.41, 5.74) is 0.928. The van der Waals surface area contributed by atoms with Gasteiger partial charge in [-0.2, -0.15) is 0 Å². The van der Waals surface area contributed by atoms with E-state index >= 15 is 0 Å². The molecular weight excluding hydrogens is 180 g/mol. The predicted octanol–water partition coefficient (Wildman–Crippen LogP) is 1.78. The van der Waals surface area contributed by atoms with Gasteiger partial charge in [0.25, 0.3) is 0 Å². The van der Waals surface area contributed by atoms with E-state index in [4.69, 9.17) is 5.11 Å². The minimum Gasteiger partial charge on any atom is -0.481 e. The molecule has 4 heteroatoms. The van der Waals surface area contributed by atoms with Crippen LogP contribution >= 0.6 is 0 Å². The van der Waals surface area contributed by atoms with Crippen LogP contribution in [-0.4, -0.2) is 22.6 Å². The Bertz CT molecular complexity index is 280. The summed E-state index contributed by atoms with van der Waals surface area (Å²) in [4.78, 5) is 13.8. The van der Waals surface area contributed by atoms with Gasteiger partial charge in [-0.05, 0) is 12.0 Å². The number of H-pyrrole nitrogens is 1. The Kier molecular flexibility index (Phi) is 3.56. The summed E-state index contributed by atoms with van der Waals surface area (Å²) in [6.07, 6.45) is 3.60. The van der Waals surface area contributed by atoms with Gasteiger partial charge < -0.3 is 15.4 Å². The molecule has 0 aromatic carbocycles. The van der Waals surface area contributed by atoms with Gasteiger partial charge in [-0.1, -0.05) is 13.8 Å². The molecule has 0 spiro atoms. The predicted molar refractivity (Wildman–Crippen MR) is 55.2 cm³/mol. The number of carboxylic acid groups (broad SMARTS) is 1. The van der Waals surface area contributed by atoms with E-state index in [0.717, 1.165) is 5.69 Å². The van der Waals surface area contributed by atoms with Crippen LogP contribution < -0.4 is 5.32 Å². The van der Waals surface area contributed by atoms with Crippen LogP contribution in [0.4, 0.5) is 5.69 Å². The maximum Gasteiger partial charge on any atom is 0.308 e. The highest BCUT2D eigenvalue weighted by Gasteiger charge is 2.20. The Balaban J connectivity index is 2.45. The van der Waals surface area contributed by atoms with Gasteiger partial charge in [-0.15, -0.1) is 0 Å². The molecule has 0 bridgehead atoms. The second kappa shape index (κ2) is 4.69. The fraction of sp³-hybridized carbons (Fsp3) is 0.500. The molecule has 3 N–H and O–H groups in total. The Morgan fingerprint density at radius 1 is 1.64 bits per heavy atom. The highest BCUT2D eigenvalue weighted by molar-refractivity contribution is 5.71. The molecule has 14 heavy (non-hydrogen) atoms. The maximum atomic E-state index is 10.9. The van der Waals surface area contributed by atoms with Crippen LogP contribution in [0.2, 0.25) is 0 Å².